The number of nitrogens with one attached hydrogen (secondary N) is 1. The molecule has 0 aromatic heterocycles. The van der Waals surface area contributed by atoms with Crippen LogP contribution in [0.5, 0.6) is 0 Å². The van der Waals surface area contributed by atoms with Gasteiger partial charge in [-0.05, 0) is 6.42 Å². The zero-order valence-corrected chi connectivity index (χ0v) is 7.36. The van der Waals surface area contributed by atoms with Gasteiger partial charge in [-0.15, -0.1) is 0 Å². The van der Waals surface area contributed by atoms with E-state index in [0.717, 1.165) is 0 Å². The third-order valence-electron chi connectivity index (χ3n) is 1.99. The number of nitriles is 1. The SMILES string of the molecule is N#CCCNC(=O)C1C=CC(N)C1. The quantitative estimate of drug-likeness (QED) is 0.470. The molecule has 0 aromatic rings. The van der Waals surface area contributed by atoms with Crippen molar-refractivity contribution in [3.63, 3.8) is 0 Å². The first-order valence-corrected chi connectivity index (χ1v) is 4.32. The van der Waals surface area contributed by atoms with Gasteiger partial charge in [0.15, 0.2) is 0 Å². The Balaban J connectivity index is 2.25. The first-order valence-electron chi connectivity index (χ1n) is 4.32. The smallest absolute Gasteiger partial charge is 0.227 e. The molecule has 2 unspecified atom stereocenters. The van der Waals surface area contributed by atoms with E-state index in [2.05, 4.69) is 5.32 Å². The molecule has 4 heteroatoms. The number of hydrogen-bond acceptors (Lipinski definition) is 3. The van der Waals surface area contributed by atoms with Crippen molar-refractivity contribution in [2.24, 2.45) is 11.7 Å². The van der Waals surface area contributed by atoms with Crippen LogP contribution in [0.4, 0.5) is 0 Å². The van der Waals surface area contributed by atoms with E-state index in [1.807, 2.05) is 18.2 Å². The van der Waals surface area contributed by atoms with Crippen molar-refractivity contribution in [1.82, 2.24) is 5.32 Å². The van der Waals surface area contributed by atoms with Crippen LogP contribution in [0.15, 0.2) is 12.2 Å². The second-order valence-corrected chi connectivity index (χ2v) is 3.09. The summed E-state index contributed by atoms with van der Waals surface area (Å²) < 4.78 is 0. The summed E-state index contributed by atoms with van der Waals surface area (Å²) in [6.45, 7) is 0.426. The average Bonchev–Trinajstić information content (AvgIpc) is 2.52. The Hall–Kier alpha value is -1.34. The molecule has 3 N–H and O–H groups in total. The summed E-state index contributed by atoms with van der Waals surface area (Å²) in [5, 5.41) is 10.9. The molecule has 0 aromatic carbocycles. The highest BCUT2D eigenvalue weighted by Crippen LogP contribution is 2.15. The summed E-state index contributed by atoms with van der Waals surface area (Å²) in [7, 11) is 0. The zero-order valence-electron chi connectivity index (χ0n) is 7.36. The Morgan fingerprint density at radius 2 is 2.46 bits per heavy atom. The van der Waals surface area contributed by atoms with Crippen LogP contribution in [0.3, 0.4) is 0 Å². The van der Waals surface area contributed by atoms with E-state index in [1.165, 1.54) is 0 Å². The van der Waals surface area contributed by atoms with Crippen LogP contribution in [0.1, 0.15) is 12.8 Å². The first-order chi connectivity index (χ1) is 6.24. The fourth-order valence-electron chi connectivity index (χ4n) is 1.29. The average molecular weight is 179 g/mol. The Morgan fingerprint density at radius 3 is 3.00 bits per heavy atom. The van der Waals surface area contributed by atoms with E-state index in [1.54, 1.807) is 0 Å². The van der Waals surface area contributed by atoms with Crippen LogP contribution < -0.4 is 11.1 Å². The van der Waals surface area contributed by atoms with Crippen molar-refractivity contribution >= 4 is 5.91 Å². The fraction of sp³-hybridized carbons (Fsp3) is 0.556. The highest BCUT2D eigenvalue weighted by Gasteiger charge is 2.21. The maximum absolute atomic E-state index is 11.3. The lowest BCUT2D eigenvalue weighted by Gasteiger charge is -2.08. The molecule has 0 saturated heterocycles. The Morgan fingerprint density at radius 1 is 1.69 bits per heavy atom. The lowest BCUT2D eigenvalue weighted by molar-refractivity contribution is -0.123. The van der Waals surface area contributed by atoms with E-state index in [-0.39, 0.29) is 17.9 Å². The minimum Gasteiger partial charge on any atom is -0.355 e. The number of nitrogens with zero attached hydrogens (tertiary/aromatic N) is 1. The van der Waals surface area contributed by atoms with E-state index in [4.69, 9.17) is 11.0 Å². The molecule has 1 aliphatic rings. The molecule has 13 heavy (non-hydrogen) atoms. The summed E-state index contributed by atoms with van der Waals surface area (Å²) in [6, 6.07) is 1.97. The maximum atomic E-state index is 11.3. The predicted molar refractivity (Wildman–Crippen MR) is 48.5 cm³/mol. The molecule has 0 fully saturated rings. The summed E-state index contributed by atoms with van der Waals surface area (Å²) >= 11 is 0. The van der Waals surface area contributed by atoms with E-state index >= 15 is 0 Å². The third-order valence-corrected chi connectivity index (χ3v) is 1.99. The maximum Gasteiger partial charge on any atom is 0.227 e. The highest BCUT2D eigenvalue weighted by atomic mass is 16.1. The van der Waals surface area contributed by atoms with Crippen LogP contribution >= 0.6 is 0 Å². The molecule has 70 valence electrons. The molecule has 0 spiro atoms. The standard InChI is InChI=1S/C9H13N3O/c10-4-1-5-12-9(13)7-2-3-8(11)6-7/h2-3,7-8H,1,5-6,11H2,(H,12,13). The first kappa shape index (κ1) is 9.75. The second kappa shape index (κ2) is 4.63. The molecule has 1 rings (SSSR count). The molecule has 0 heterocycles. The van der Waals surface area contributed by atoms with Crippen molar-refractivity contribution in [1.29, 1.82) is 5.26 Å². The number of nitrogens with two attached hydrogens (primary N) is 1. The highest BCUT2D eigenvalue weighted by molar-refractivity contribution is 5.81. The van der Waals surface area contributed by atoms with E-state index in [0.29, 0.717) is 19.4 Å². The van der Waals surface area contributed by atoms with Gasteiger partial charge in [0.1, 0.15) is 0 Å². The van der Waals surface area contributed by atoms with Gasteiger partial charge in [0.05, 0.1) is 18.4 Å². The summed E-state index contributed by atoms with van der Waals surface area (Å²) in [4.78, 5) is 11.3. The molecular formula is C9H13N3O. The number of carbonyl (C=O) groups excluding carboxylic acids is 1. The van der Waals surface area contributed by atoms with Gasteiger partial charge < -0.3 is 11.1 Å². The summed E-state index contributed by atoms with van der Waals surface area (Å²) in [5.41, 5.74) is 5.60. The number of carbonyl (C=O) groups is 1. The van der Waals surface area contributed by atoms with Crippen LogP contribution in [0.25, 0.3) is 0 Å². The summed E-state index contributed by atoms with van der Waals surface area (Å²) in [5.74, 6) is -0.131. The minimum absolute atomic E-state index is 0.00622. The molecular weight excluding hydrogens is 166 g/mol. The predicted octanol–water partition coefficient (Wildman–Crippen LogP) is -0.0803. The van der Waals surface area contributed by atoms with Gasteiger partial charge in [-0.2, -0.15) is 5.26 Å². The summed E-state index contributed by atoms with van der Waals surface area (Å²) in [6.07, 6.45) is 4.70. The minimum atomic E-state index is -0.103. The monoisotopic (exact) mass is 179 g/mol. The van der Waals surface area contributed by atoms with Gasteiger partial charge in [0.2, 0.25) is 5.91 Å². The Kier molecular flexibility index (Phi) is 3.47. The largest absolute Gasteiger partial charge is 0.355 e. The molecule has 0 aliphatic heterocycles. The molecule has 0 saturated carbocycles. The Bertz CT molecular complexity index is 254. The van der Waals surface area contributed by atoms with Crippen molar-refractivity contribution in [2.45, 2.75) is 18.9 Å². The van der Waals surface area contributed by atoms with Crippen molar-refractivity contribution < 1.29 is 4.79 Å². The number of amides is 1. The lowest BCUT2D eigenvalue weighted by Crippen LogP contribution is -2.31. The zero-order chi connectivity index (χ0) is 9.68. The normalized spacial score (nSPS) is 25.5. The van der Waals surface area contributed by atoms with Crippen LogP contribution in [0, 0.1) is 17.2 Å². The molecule has 0 bridgehead atoms. The third kappa shape index (κ3) is 2.88. The topological polar surface area (TPSA) is 78.9 Å². The van der Waals surface area contributed by atoms with Crippen LogP contribution in [0.2, 0.25) is 0 Å². The van der Waals surface area contributed by atoms with Gasteiger partial charge in [0, 0.05) is 12.6 Å². The van der Waals surface area contributed by atoms with Crippen molar-refractivity contribution in [3.05, 3.63) is 12.2 Å². The molecule has 4 nitrogen and oxygen atoms in total. The number of rotatable bonds is 3. The molecule has 0 radical (unpaired) electrons. The molecule has 2 atom stereocenters. The van der Waals surface area contributed by atoms with E-state index < -0.39 is 0 Å². The van der Waals surface area contributed by atoms with Gasteiger partial charge in [-0.1, -0.05) is 12.2 Å². The lowest BCUT2D eigenvalue weighted by atomic mass is 10.1. The molecule has 1 aliphatic carbocycles. The van der Waals surface area contributed by atoms with Crippen LogP contribution in [-0.2, 0) is 4.79 Å². The van der Waals surface area contributed by atoms with Gasteiger partial charge in [-0.3, -0.25) is 4.79 Å². The van der Waals surface area contributed by atoms with Gasteiger partial charge in [-0.25, -0.2) is 0 Å². The van der Waals surface area contributed by atoms with Crippen LogP contribution in [-0.4, -0.2) is 18.5 Å². The van der Waals surface area contributed by atoms with E-state index in [9.17, 15) is 4.79 Å². The number of hydrogen-bond donors (Lipinski definition) is 2. The molecule has 1 amide bonds. The van der Waals surface area contributed by atoms with Gasteiger partial charge >= 0.3 is 0 Å². The fourth-order valence-corrected chi connectivity index (χ4v) is 1.29. The van der Waals surface area contributed by atoms with Crippen molar-refractivity contribution in [2.75, 3.05) is 6.54 Å². The Labute approximate surface area is 77.4 Å². The van der Waals surface area contributed by atoms with Crippen molar-refractivity contribution in [3.8, 4) is 6.07 Å². The second-order valence-electron chi connectivity index (χ2n) is 3.09. The van der Waals surface area contributed by atoms with Gasteiger partial charge in [0.25, 0.3) is 0 Å².